The first kappa shape index (κ1) is 19.7. The molecule has 1 saturated carbocycles. The Hall–Kier alpha value is -2.25. The van der Waals surface area contributed by atoms with Gasteiger partial charge < -0.3 is 24.6 Å². The zero-order valence-corrected chi connectivity index (χ0v) is 16.6. The summed E-state index contributed by atoms with van der Waals surface area (Å²) in [5, 5.41) is 30.8. The van der Waals surface area contributed by atoms with Gasteiger partial charge in [0, 0.05) is 18.0 Å². The minimum atomic E-state index is -1.17. The van der Waals surface area contributed by atoms with Crippen LogP contribution in [-0.2, 0) is 11.2 Å². The Morgan fingerprint density at radius 2 is 1.83 bits per heavy atom. The molecule has 2 aromatic carbocycles. The first-order valence-corrected chi connectivity index (χ1v) is 10.5. The summed E-state index contributed by atoms with van der Waals surface area (Å²) in [5.41, 5.74) is 3.82. The van der Waals surface area contributed by atoms with Crippen molar-refractivity contribution in [3.63, 3.8) is 0 Å². The van der Waals surface area contributed by atoms with E-state index in [1.165, 1.54) is 24.5 Å². The number of hydrogen-bond donors (Lipinski definition) is 3. The first-order chi connectivity index (χ1) is 14.5. The molecule has 0 bridgehead atoms. The molecule has 5 rings (SSSR count). The van der Waals surface area contributed by atoms with Gasteiger partial charge in [0.1, 0.15) is 11.9 Å². The van der Waals surface area contributed by atoms with E-state index in [-0.39, 0.29) is 18.8 Å². The van der Waals surface area contributed by atoms with E-state index in [9.17, 15) is 19.7 Å². The van der Waals surface area contributed by atoms with Crippen LogP contribution < -0.4 is 0 Å². The van der Waals surface area contributed by atoms with E-state index in [2.05, 4.69) is 24.3 Å². The van der Waals surface area contributed by atoms with Gasteiger partial charge in [-0.05, 0) is 54.0 Å². The minimum absolute atomic E-state index is 0.155. The third-order valence-electron chi connectivity index (χ3n) is 6.31. The maximum Gasteiger partial charge on any atom is 0.163 e. The Balaban J connectivity index is 1.53. The van der Waals surface area contributed by atoms with E-state index in [1.807, 2.05) is 0 Å². The molecule has 2 fully saturated rings. The van der Waals surface area contributed by atoms with Gasteiger partial charge in [-0.15, -0.1) is 0 Å². The van der Waals surface area contributed by atoms with Crippen molar-refractivity contribution in [3.8, 4) is 0 Å². The van der Waals surface area contributed by atoms with Gasteiger partial charge in [-0.3, -0.25) is 0 Å². The molecule has 158 valence electrons. The monoisotopic (exact) mass is 411 g/mol. The summed E-state index contributed by atoms with van der Waals surface area (Å²) < 4.78 is 22.3. The molecule has 4 atom stereocenters. The number of ether oxygens (including phenoxy) is 1. The van der Waals surface area contributed by atoms with Crippen LogP contribution in [0.2, 0.25) is 0 Å². The molecule has 1 aromatic heterocycles. The number of fused-ring (bicyclic) bond motifs is 1. The topological polar surface area (TPSA) is 74.9 Å². The van der Waals surface area contributed by atoms with Gasteiger partial charge in [0.05, 0.1) is 24.3 Å². The third kappa shape index (κ3) is 3.54. The molecule has 0 spiro atoms. The van der Waals surface area contributed by atoms with E-state index >= 15 is 0 Å². The number of nitrogens with zero attached hydrogens (tertiary/aromatic N) is 1. The summed E-state index contributed by atoms with van der Waals surface area (Å²) in [7, 11) is 0. The molecule has 2 heterocycles. The molecule has 5 nitrogen and oxygen atoms in total. The van der Waals surface area contributed by atoms with E-state index in [4.69, 9.17) is 4.74 Å². The lowest BCUT2D eigenvalue weighted by Crippen LogP contribution is -2.46. The smallest absolute Gasteiger partial charge is 0.163 e. The third-order valence-corrected chi connectivity index (χ3v) is 6.31. The normalized spacial score (nSPS) is 26.9. The predicted molar refractivity (Wildman–Crippen MR) is 111 cm³/mol. The maximum atomic E-state index is 14.8. The highest BCUT2D eigenvalue weighted by Crippen LogP contribution is 2.40. The highest BCUT2D eigenvalue weighted by atomic mass is 19.1. The summed E-state index contributed by atoms with van der Waals surface area (Å²) in [5.74, 6) is 0.356. The summed E-state index contributed by atoms with van der Waals surface area (Å²) in [6.07, 6.45) is 1.32. The Morgan fingerprint density at radius 1 is 1.07 bits per heavy atom. The Morgan fingerprint density at radius 3 is 2.53 bits per heavy atom. The van der Waals surface area contributed by atoms with E-state index in [0.717, 1.165) is 11.1 Å². The Labute approximate surface area is 174 Å². The Kier molecular flexibility index (Phi) is 5.11. The fourth-order valence-electron chi connectivity index (χ4n) is 4.52. The van der Waals surface area contributed by atoms with Crippen molar-refractivity contribution in [2.24, 2.45) is 0 Å². The molecule has 3 unspecified atom stereocenters. The van der Waals surface area contributed by atoms with Gasteiger partial charge in [0.25, 0.3) is 0 Å². The molecule has 1 aliphatic carbocycles. The lowest BCUT2D eigenvalue weighted by molar-refractivity contribution is -0.204. The van der Waals surface area contributed by atoms with Crippen LogP contribution in [0.25, 0.3) is 10.9 Å². The zero-order chi connectivity index (χ0) is 20.8. The van der Waals surface area contributed by atoms with Crippen molar-refractivity contribution in [1.29, 1.82) is 0 Å². The van der Waals surface area contributed by atoms with Crippen molar-refractivity contribution in [2.45, 2.75) is 56.1 Å². The van der Waals surface area contributed by atoms with Gasteiger partial charge in [-0.1, -0.05) is 30.3 Å². The fraction of sp³-hybridized carbons (Fsp3) is 0.417. The van der Waals surface area contributed by atoms with Gasteiger partial charge in [-0.2, -0.15) is 0 Å². The number of aliphatic hydroxyl groups is 3. The number of halogens is 1. The SMILES string of the molecule is OCC1CC(O)[C@@H](O)C(n2cc(Cc3ccc(C4CC4)cc3)c3c(F)cccc32)O1. The molecule has 30 heavy (non-hydrogen) atoms. The van der Waals surface area contributed by atoms with Gasteiger partial charge >= 0.3 is 0 Å². The second-order valence-corrected chi connectivity index (χ2v) is 8.51. The van der Waals surface area contributed by atoms with Crippen LogP contribution in [0, 0.1) is 5.82 Å². The van der Waals surface area contributed by atoms with Crippen LogP contribution in [0.15, 0.2) is 48.7 Å². The standard InChI is InChI=1S/C24H26FNO4/c25-19-2-1-3-20-22(19)17(10-14-4-6-15(7-5-14)16-8-9-16)12-26(20)24-23(29)21(28)11-18(13-27)30-24/h1-7,12,16,18,21,23-24,27-29H,8-11,13H2/t18?,21?,23-,24?/m1/s1. The molecule has 3 aromatic rings. The summed E-state index contributed by atoms with van der Waals surface area (Å²) in [6.45, 7) is -0.256. The summed E-state index contributed by atoms with van der Waals surface area (Å²) in [6, 6.07) is 13.3. The lowest BCUT2D eigenvalue weighted by atomic mass is 10.0. The molecular formula is C24H26FNO4. The number of benzene rings is 2. The number of aromatic nitrogens is 1. The van der Waals surface area contributed by atoms with Gasteiger partial charge in [-0.25, -0.2) is 4.39 Å². The number of aliphatic hydroxyl groups excluding tert-OH is 3. The van der Waals surface area contributed by atoms with Crippen molar-refractivity contribution >= 4 is 10.9 Å². The lowest BCUT2D eigenvalue weighted by Gasteiger charge is -2.37. The van der Waals surface area contributed by atoms with Crippen molar-refractivity contribution in [1.82, 2.24) is 4.57 Å². The van der Waals surface area contributed by atoms with Crippen molar-refractivity contribution in [3.05, 3.63) is 71.2 Å². The highest BCUT2D eigenvalue weighted by Gasteiger charge is 2.38. The molecule has 1 saturated heterocycles. The second kappa shape index (κ2) is 7.78. The molecule has 3 N–H and O–H groups in total. The molecule has 1 aliphatic heterocycles. The van der Waals surface area contributed by atoms with Crippen molar-refractivity contribution in [2.75, 3.05) is 6.61 Å². The second-order valence-electron chi connectivity index (χ2n) is 8.51. The molecule has 0 radical (unpaired) electrons. The summed E-state index contributed by atoms with van der Waals surface area (Å²) in [4.78, 5) is 0. The van der Waals surface area contributed by atoms with E-state index in [0.29, 0.717) is 23.2 Å². The largest absolute Gasteiger partial charge is 0.394 e. The molecule has 6 heteroatoms. The molecular weight excluding hydrogens is 385 g/mol. The number of hydrogen-bond acceptors (Lipinski definition) is 4. The fourth-order valence-corrected chi connectivity index (χ4v) is 4.52. The van der Waals surface area contributed by atoms with Gasteiger partial charge in [0.15, 0.2) is 6.23 Å². The maximum absolute atomic E-state index is 14.8. The number of rotatable bonds is 5. The van der Waals surface area contributed by atoms with E-state index in [1.54, 1.807) is 22.9 Å². The summed E-state index contributed by atoms with van der Waals surface area (Å²) >= 11 is 0. The van der Waals surface area contributed by atoms with Crippen LogP contribution in [-0.4, -0.2) is 44.8 Å². The minimum Gasteiger partial charge on any atom is -0.394 e. The average Bonchev–Trinajstić information content (AvgIpc) is 3.53. The molecule has 2 aliphatic rings. The first-order valence-electron chi connectivity index (χ1n) is 10.5. The van der Waals surface area contributed by atoms with Crippen LogP contribution in [0.3, 0.4) is 0 Å². The average molecular weight is 411 g/mol. The van der Waals surface area contributed by atoms with Crippen LogP contribution in [0.4, 0.5) is 4.39 Å². The Bertz CT molecular complexity index is 1040. The van der Waals surface area contributed by atoms with Gasteiger partial charge in [0.2, 0.25) is 0 Å². The van der Waals surface area contributed by atoms with Crippen LogP contribution in [0.1, 0.15) is 48.1 Å². The van der Waals surface area contributed by atoms with Crippen LogP contribution in [0.5, 0.6) is 0 Å². The zero-order valence-electron chi connectivity index (χ0n) is 16.6. The predicted octanol–water partition coefficient (Wildman–Crippen LogP) is 3.25. The quantitative estimate of drug-likeness (QED) is 0.603. The molecule has 0 amide bonds. The van der Waals surface area contributed by atoms with E-state index < -0.39 is 24.5 Å². The highest BCUT2D eigenvalue weighted by molar-refractivity contribution is 5.85. The van der Waals surface area contributed by atoms with Crippen LogP contribution >= 0.6 is 0 Å². The van der Waals surface area contributed by atoms with Crippen molar-refractivity contribution < 1.29 is 24.4 Å².